The van der Waals surface area contributed by atoms with Gasteiger partial charge in [0.25, 0.3) is 0 Å². The highest BCUT2D eigenvalue weighted by atomic mass is 16.5. The third-order valence-electron chi connectivity index (χ3n) is 1.97. The lowest BCUT2D eigenvalue weighted by molar-refractivity contribution is 0.358. The van der Waals surface area contributed by atoms with Crippen LogP contribution in [-0.2, 0) is 6.54 Å². The Morgan fingerprint density at radius 1 is 1.40 bits per heavy atom. The number of nitrogens with one attached hydrogen (secondary N) is 1. The lowest BCUT2D eigenvalue weighted by atomic mass is 10.2. The molecule has 3 N–H and O–H groups in total. The SMILES string of the molecule is C=CCOc1ccccc1CNCCN. The van der Waals surface area contributed by atoms with E-state index in [2.05, 4.69) is 11.9 Å². The third kappa shape index (κ3) is 4.14. The van der Waals surface area contributed by atoms with E-state index in [9.17, 15) is 0 Å². The van der Waals surface area contributed by atoms with Gasteiger partial charge in [0.15, 0.2) is 0 Å². The normalized spacial score (nSPS) is 9.93. The molecular formula is C12H18N2O. The minimum atomic E-state index is 0.536. The molecule has 1 rings (SSSR count). The lowest BCUT2D eigenvalue weighted by Crippen LogP contribution is -2.22. The van der Waals surface area contributed by atoms with Crippen molar-refractivity contribution < 1.29 is 4.74 Å². The van der Waals surface area contributed by atoms with Gasteiger partial charge < -0.3 is 15.8 Å². The van der Waals surface area contributed by atoms with Gasteiger partial charge in [-0.2, -0.15) is 0 Å². The standard InChI is InChI=1S/C12H18N2O/c1-2-9-15-12-6-4-3-5-11(12)10-14-8-7-13/h2-6,14H,1,7-10,13H2. The van der Waals surface area contributed by atoms with Crippen molar-refractivity contribution in [2.45, 2.75) is 6.54 Å². The molecule has 0 aliphatic rings. The first-order valence-electron chi connectivity index (χ1n) is 5.11. The highest BCUT2D eigenvalue weighted by Gasteiger charge is 2.00. The van der Waals surface area contributed by atoms with Gasteiger partial charge in [0.2, 0.25) is 0 Å². The van der Waals surface area contributed by atoms with E-state index in [-0.39, 0.29) is 0 Å². The highest BCUT2D eigenvalue weighted by Crippen LogP contribution is 2.17. The Morgan fingerprint density at radius 3 is 2.93 bits per heavy atom. The molecule has 1 aromatic rings. The average Bonchev–Trinajstić information content (AvgIpc) is 2.28. The van der Waals surface area contributed by atoms with E-state index < -0.39 is 0 Å². The fourth-order valence-electron chi connectivity index (χ4n) is 1.26. The molecule has 15 heavy (non-hydrogen) atoms. The first-order chi connectivity index (χ1) is 7.38. The van der Waals surface area contributed by atoms with Crippen LogP contribution in [0.2, 0.25) is 0 Å². The number of para-hydroxylation sites is 1. The van der Waals surface area contributed by atoms with Gasteiger partial charge in [0.05, 0.1) is 0 Å². The molecule has 1 aromatic carbocycles. The summed E-state index contributed by atoms with van der Waals surface area (Å²) in [4.78, 5) is 0. The molecule has 0 amide bonds. The number of nitrogens with two attached hydrogens (primary N) is 1. The Morgan fingerprint density at radius 2 is 2.20 bits per heavy atom. The van der Waals surface area contributed by atoms with Crippen molar-refractivity contribution in [3.05, 3.63) is 42.5 Å². The van der Waals surface area contributed by atoms with Crippen LogP contribution in [0.4, 0.5) is 0 Å². The van der Waals surface area contributed by atoms with Crippen LogP contribution in [0, 0.1) is 0 Å². The van der Waals surface area contributed by atoms with E-state index in [4.69, 9.17) is 10.5 Å². The molecular weight excluding hydrogens is 188 g/mol. The van der Waals surface area contributed by atoms with Crippen molar-refractivity contribution in [3.63, 3.8) is 0 Å². The zero-order valence-corrected chi connectivity index (χ0v) is 8.91. The number of hydrogen-bond acceptors (Lipinski definition) is 3. The van der Waals surface area contributed by atoms with E-state index in [0.717, 1.165) is 24.4 Å². The zero-order chi connectivity index (χ0) is 10.9. The van der Waals surface area contributed by atoms with Crippen LogP contribution in [0.1, 0.15) is 5.56 Å². The first kappa shape index (κ1) is 11.8. The predicted octanol–water partition coefficient (Wildman–Crippen LogP) is 1.30. The second-order valence-corrected chi connectivity index (χ2v) is 3.17. The van der Waals surface area contributed by atoms with Gasteiger partial charge in [0.1, 0.15) is 12.4 Å². The Hall–Kier alpha value is -1.32. The van der Waals surface area contributed by atoms with E-state index in [1.165, 1.54) is 0 Å². The second-order valence-electron chi connectivity index (χ2n) is 3.17. The maximum Gasteiger partial charge on any atom is 0.124 e. The minimum absolute atomic E-state index is 0.536. The summed E-state index contributed by atoms with van der Waals surface area (Å²) in [5.41, 5.74) is 6.55. The molecule has 82 valence electrons. The molecule has 0 radical (unpaired) electrons. The summed E-state index contributed by atoms with van der Waals surface area (Å²) in [6, 6.07) is 7.97. The molecule has 3 nitrogen and oxygen atoms in total. The Labute approximate surface area is 90.9 Å². The summed E-state index contributed by atoms with van der Waals surface area (Å²) in [5, 5.41) is 3.24. The van der Waals surface area contributed by atoms with Gasteiger partial charge in [-0.25, -0.2) is 0 Å². The van der Waals surface area contributed by atoms with Gasteiger partial charge >= 0.3 is 0 Å². The van der Waals surface area contributed by atoms with Crippen molar-refractivity contribution in [2.75, 3.05) is 19.7 Å². The van der Waals surface area contributed by atoms with Gasteiger partial charge in [-0.05, 0) is 6.07 Å². The van der Waals surface area contributed by atoms with Gasteiger partial charge in [0, 0.05) is 25.2 Å². The molecule has 0 bridgehead atoms. The molecule has 0 aliphatic heterocycles. The molecule has 0 aromatic heterocycles. The van der Waals surface area contributed by atoms with E-state index in [1.807, 2.05) is 24.3 Å². The van der Waals surface area contributed by atoms with Crippen molar-refractivity contribution in [1.82, 2.24) is 5.32 Å². The monoisotopic (exact) mass is 206 g/mol. The number of hydrogen-bond donors (Lipinski definition) is 2. The summed E-state index contributed by atoms with van der Waals surface area (Å²) in [7, 11) is 0. The van der Waals surface area contributed by atoms with Crippen LogP contribution >= 0.6 is 0 Å². The average molecular weight is 206 g/mol. The fourth-order valence-corrected chi connectivity index (χ4v) is 1.26. The molecule has 0 saturated carbocycles. The minimum Gasteiger partial charge on any atom is -0.489 e. The second kappa shape index (κ2) is 7.04. The molecule has 0 heterocycles. The summed E-state index contributed by atoms with van der Waals surface area (Å²) >= 11 is 0. The van der Waals surface area contributed by atoms with Crippen molar-refractivity contribution in [2.24, 2.45) is 5.73 Å². The molecule has 0 unspecified atom stereocenters. The van der Waals surface area contributed by atoms with Gasteiger partial charge in [-0.3, -0.25) is 0 Å². The van der Waals surface area contributed by atoms with Gasteiger partial charge in [-0.15, -0.1) is 0 Å². The summed E-state index contributed by atoms with van der Waals surface area (Å²) < 4.78 is 5.53. The maximum atomic E-state index is 5.53. The van der Waals surface area contributed by atoms with Gasteiger partial charge in [-0.1, -0.05) is 30.9 Å². The molecule has 0 spiro atoms. The van der Waals surface area contributed by atoms with Crippen molar-refractivity contribution in [3.8, 4) is 5.75 Å². The zero-order valence-electron chi connectivity index (χ0n) is 8.91. The molecule has 3 heteroatoms. The topological polar surface area (TPSA) is 47.3 Å². The summed E-state index contributed by atoms with van der Waals surface area (Å²) in [5.74, 6) is 0.905. The largest absolute Gasteiger partial charge is 0.489 e. The Balaban J connectivity index is 2.55. The van der Waals surface area contributed by atoms with Crippen LogP contribution in [0.3, 0.4) is 0 Å². The van der Waals surface area contributed by atoms with E-state index >= 15 is 0 Å². The molecule has 0 saturated heterocycles. The van der Waals surface area contributed by atoms with Crippen LogP contribution in [0.15, 0.2) is 36.9 Å². The smallest absolute Gasteiger partial charge is 0.124 e. The van der Waals surface area contributed by atoms with E-state index in [1.54, 1.807) is 6.08 Å². The summed E-state index contributed by atoms with van der Waals surface area (Å²) in [6.45, 7) is 6.41. The number of rotatable bonds is 7. The Bertz CT molecular complexity index is 299. The van der Waals surface area contributed by atoms with Crippen LogP contribution in [0.25, 0.3) is 0 Å². The van der Waals surface area contributed by atoms with Crippen molar-refractivity contribution in [1.29, 1.82) is 0 Å². The predicted molar refractivity (Wildman–Crippen MR) is 62.9 cm³/mol. The van der Waals surface area contributed by atoms with Crippen LogP contribution < -0.4 is 15.8 Å². The lowest BCUT2D eigenvalue weighted by Gasteiger charge is -2.10. The Kier molecular flexibility index (Phi) is 5.51. The van der Waals surface area contributed by atoms with E-state index in [0.29, 0.717) is 13.2 Å². The number of ether oxygens (including phenoxy) is 1. The number of benzene rings is 1. The molecule has 0 aliphatic carbocycles. The third-order valence-corrected chi connectivity index (χ3v) is 1.97. The maximum absolute atomic E-state index is 5.53. The van der Waals surface area contributed by atoms with Crippen LogP contribution in [-0.4, -0.2) is 19.7 Å². The fraction of sp³-hybridized carbons (Fsp3) is 0.333. The quantitative estimate of drug-likeness (QED) is 0.522. The van der Waals surface area contributed by atoms with Crippen molar-refractivity contribution >= 4 is 0 Å². The molecule has 0 fully saturated rings. The summed E-state index contributed by atoms with van der Waals surface area (Å²) in [6.07, 6.45) is 1.74. The first-order valence-corrected chi connectivity index (χ1v) is 5.11. The van der Waals surface area contributed by atoms with Crippen LogP contribution in [0.5, 0.6) is 5.75 Å². The highest BCUT2D eigenvalue weighted by molar-refractivity contribution is 5.33. The molecule has 0 atom stereocenters.